The number of hydrogen-bond acceptors (Lipinski definition) is 1. The maximum Gasteiger partial charge on any atom is 0.225 e. The summed E-state index contributed by atoms with van der Waals surface area (Å²) < 4.78 is 0. The van der Waals surface area contributed by atoms with Gasteiger partial charge in [0.15, 0.2) is 0 Å². The molecule has 0 aromatic heterocycles. The Bertz CT molecular complexity index is 212. The smallest absolute Gasteiger partial charge is 0.225 e. The number of carbonyl (C=O) groups is 1. The Labute approximate surface area is 111 Å². The number of carbonyl (C=O) groups excluding carboxylic acids is 1. The third-order valence-electron chi connectivity index (χ3n) is 3.65. The fourth-order valence-electron chi connectivity index (χ4n) is 2.57. The van der Waals surface area contributed by atoms with Crippen LogP contribution in [-0.4, -0.2) is 29.8 Å². The highest BCUT2D eigenvalue weighted by atomic mass is 35.5. The predicted octanol–water partition coefficient (Wildman–Crippen LogP) is 3.82. The third-order valence-corrected chi connectivity index (χ3v) is 3.82. The maximum absolute atomic E-state index is 12.4. The molecule has 0 unspecified atom stereocenters. The summed E-state index contributed by atoms with van der Waals surface area (Å²) >= 11 is 5.80. The van der Waals surface area contributed by atoms with Gasteiger partial charge in [0.05, 0.1) is 0 Å². The summed E-state index contributed by atoms with van der Waals surface area (Å²) in [6.07, 6.45) is 9.44. The molecule has 0 saturated heterocycles. The molecule has 0 radical (unpaired) electrons. The van der Waals surface area contributed by atoms with E-state index in [-0.39, 0.29) is 5.92 Å². The molecule has 3 heteroatoms. The summed E-state index contributed by atoms with van der Waals surface area (Å²) in [7, 11) is 0. The Hall–Kier alpha value is -0.240. The van der Waals surface area contributed by atoms with Crippen LogP contribution in [0.2, 0.25) is 0 Å². The molecule has 1 rings (SSSR count). The number of alkyl halides is 1. The normalized spacial score (nSPS) is 17.8. The molecule has 0 aliphatic heterocycles. The number of unbranched alkanes of at least 4 members (excludes halogenated alkanes) is 1. The molecule has 0 N–H and O–H groups in total. The second kappa shape index (κ2) is 8.79. The fraction of sp³-hybridized carbons (Fsp3) is 0.929. The first-order valence-electron chi connectivity index (χ1n) is 7.14. The van der Waals surface area contributed by atoms with E-state index in [1.165, 1.54) is 25.7 Å². The molecule has 1 aliphatic rings. The van der Waals surface area contributed by atoms with Crippen LogP contribution in [-0.2, 0) is 4.79 Å². The van der Waals surface area contributed by atoms with E-state index in [1.54, 1.807) is 0 Å². The van der Waals surface area contributed by atoms with Crippen LogP contribution >= 0.6 is 11.6 Å². The molecule has 0 atom stereocenters. The molecule has 2 nitrogen and oxygen atoms in total. The highest BCUT2D eigenvalue weighted by molar-refractivity contribution is 6.18. The Morgan fingerprint density at radius 3 is 2.35 bits per heavy atom. The predicted molar refractivity (Wildman–Crippen MR) is 73.4 cm³/mol. The topological polar surface area (TPSA) is 20.3 Å². The molecule has 1 amide bonds. The van der Waals surface area contributed by atoms with Crippen LogP contribution in [0.3, 0.4) is 0 Å². The second-order valence-corrected chi connectivity index (χ2v) is 5.43. The number of nitrogens with zero attached hydrogens (tertiary/aromatic N) is 1. The van der Waals surface area contributed by atoms with Gasteiger partial charge in [-0.2, -0.15) is 0 Å². The molecule has 1 saturated carbocycles. The van der Waals surface area contributed by atoms with Gasteiger partial charge in [-0.1, -0.05) is 39.0 Å². The number of hydrogen-bond donors (Lipinski definition) is 0. The minimum absolute atomic E-state index is 0.276. The summed E-state index contributed by atoms with van der Waals surface area (Å²) in [6.45, 7) is 3.77. The number of rotatable bonds is 6. The molecule has 0 spiro atoms. The van der Waals surface area contributed by atoms with Crippen LogP contribution in [0.25, 0.3) is 0 Å². The summed E-state index contributed by atoms with van der Waals surface area (Å²) in [5.41, 5.74) is 0. The van der Waals surface area contributed by atoms with Crippen molar-refractivity contribution in [1.82, 2.24) is 4.90 Å². The molecular formula is C14H26ClNO. The van der Waals surface area contributed by atoms with Crippen LogP contribution in [0.15, 0.2) is 0 Å². The molecule has 17 heavy (non-hydrogen) atoms. The number of amides is 1. The van der Waals surface area contributed by atoms with Crippen molar-refractivity contribution in [3.8, 4) is 0 Å². The maximum atomic E-state index is 12.4. The zero-order valence-electron chi connectivity index (χ0n) is 11.1. The average molecular weight is 260 g/mol. The lowest BCUT2D eigenvalue weighted by Crippen LogP contribution is -2.38. The van der Waals surface area contributed by atoms with Gasteiger partial charge in [0, 0.05) is 24.9 Å². The highest BCUT2D eigenvalue weighted by Crippen LogP contribution is 2.24. The Morgan fingerprint density at radius 2 is 1.82 bits per heavy atom. The summed E-state index contributed by atoms with van der Waals surface area (Å²) in [6, 6.07) is 0. The zero-order valence-corrected chi connectivity index (χ0v) is 11.8. The van der Waals surface area contributed by atoms with Crippen molar-refractivity contribution in [2.75, 3.05) is 19.0 Å². The largest absolute Gasteiger partial charge is 0.341 e. The van der Waals surface area contributed by atoms with E-state index >= 15 is 0 Å². The summed E-state index contributed by atoms with van der Waals surface area (Å²) in [4.78, 5) is 14.4. The lowest BCUT2D eigenvalue weighted by atomic mass is 9.98. The lowest BCUT2D eigenvalue weighted by molar-refractivity contribution is -0.135. The molecule has 100 valence electrons. The van der Waals surface area contributed by atoms with Gasteiger partial charge in [0.2, 0.25) is 5.91 Å². The van der Waals surface area contributed by atoms with Crippen molar-refractivity contribution in [3.63, 3.8) is 0 Å². The molecular weight excluding hydrogens is 234 g/mol. The minimum Gasteiger partial charge on any atom is -0.341 e. The Morgan fingerprint density at radius 1 is 1.18 bits per heavy atom. The molecule has 0 aromatic rings. The van der Waals surface area contributed by atoms with Gasteiger partial charge in [-0.05, 0) is 19.3 Å². The van der Waals surface area contributed by atoms with Crippen molar-refractivity contribution in [1.29, 1.82) is 0 Å². The van der Waals surface area contributed by atoms with Gasteiger partial charge in [-0.3, -0.25) is 4.79 Å². The van der Waals surface area contributed by atoms with Gasteiger partial charge in [-0.25, -0.2) is 0 Å². The van der Waals surface area contributed by atoms with Gasteiger partial charge in [0.25, 0.3) is 0 Å². The Balaban J connectivity index is 2.48. The third kappa shape index (κ3) is 5.29. The van der Waals surface area contributed by atoms with Crippen LogP contribution < -0.4 is 0 Å². The Kier molecular flexibility index (Phi) is 7.67. The van der Waals surface area contributed by atoms with E-state index in [2.05, 4.69) is 6.92 Å². The van der Waals surface area contributed by atoms with Crippen LogP contribution in [0.5, 0.6) is 0 Å². The summed E-state index contributed by atoms with van der Waals surface area (Å²) in [5, 5.41) is 0. The van der Waals surface area contributed by atoms with E-state index in [9.17, 15) is 4.79 Å². The van der Waals surface area contributed by atoms with Crippen LogP contribution in [0.4, 0.5) is 0 Å². The van der Waals surface area contributed by atoms with Gasteiger partial charge in [-0.15, -0.1) is 11.6 Å². The first-order chi connectivity index (χ1) is 8.29. The van der Waals surface area contributed by atoms with Crippen LogP contribution in [0.1, 0.15) is 58.3 Å². The number of halogens is 1. The van der Waals surface area contributed by atoms with E-state index in [1.807, 2.05) is 4.90 Å². The summed E-state index contributed by atoms with van der Waals surface area (Å²) in [5.74, 6) is 1.20. The SMILES string of the molecule is CCCCN(CCCl)C(=O)C1CCCCCC1. The quantitative estimate of drug-likeness (QED) is 0.525. The second-order valence-electron chi connectivity index (χ2n) is 5.06. The monoisotopic (exact) mass is 259 g/mol. The average Bonchev–Trinajstić information content (AvgIpc) is 2.62. The van der Waals surface area contributed by atoms with Gasteiger partial charge >= 0.3 is 0 Å². The highest BCUT2D eigenvalue weighted by Gasteiger charge is 2.24. The minimum atomic E-state index is 0.276. The van der Waals surface area contributed by atoms with Gasteiger partial charge in [0.1, 0.15) is 0 Å². The van der Waals surface area contributed by atoms with Gasteiger partial charge < -0.3 is 4.90 Å². The molecule has 0 heterocycles. The van der Waals surface area contributed by atoms with Crippen molar-refractivity contribution < 1.29 is 4.79 Å². The standard InChI is InChI=1S/C14H26ClNO/c1-2-3-11-16(12-10-15)14(17)13-8-6-4-5-7-9-13/h13H,2-12H2,1H3. The van der Waals surface area contributed by atoms with E-state index < -0.39 is 0 Å². The first-order valence-corrected chi connectivity index (χ1v) is 7.67. The van der Waals surface area contributed by atoms with Crippen LogP contribution in [0, 0.1) is 5.92 Å². The van der Waals surface area contributed by atoms with E-state index in [4.69, 9.17) is 11.6 Å². The van der Waals surface area contributed by atoms with E-state index in [0.717, 1.165) is 38.8 Å². The lowest BCUT2D eigenvalue weighted by Gasteiger charge is -2.26. The van der Waals surface area contributed by atoms with Crippen molar-refractivity contribution in [3.05, 3.63) is 0 Å². The molecule has 0 bridgehead atoms. The van der Waals surface area contributed by atoms with Crippen molar-refractivity contribution >= 4 is 17.5 Å². The fourth-order valence-corrected chi connectivity index (χ4v) is 2.77. The first kappa shape index (κ1) is 14.8. The molecule has 1 fully saturated rings. The molecule has 0 aromatic carbocycles. The van der Waals surface area contributed by atoms with Crippen molar-refractivity contribution in [2.24, 2.45) is 5.92 Å². The van der Waals surface area contributed by atoms with Crippen molar-refractivity contribution in [2.45, 2.75) is 58.3 Å². The molecule has 1 aliphatic carbocycles. The van der Waals surface area contributed by atoms with E-state index in [0.29, 0.717) is 11.8 Å². The zero-order chi connectivity index (χ0) is 12.5.